The molecule has 0 spiro atoms. The summed E-state index contributed by atoms with van der Waals surface area (Å²) in [5.74, 6) is -0.993. The van der Waals surface area contributed by atoms with Crippen LogP contribution in [-0.4, -0.2) is 16.2 Å². The van der Waals surface area contributed by atoms with Gasteiger partial charge in [0.15, 0.2) is 0 Å². The fourth-order valence-corrected chi connectivity index (χ4v) is 2.20. The zero-order valence-corrected chi connectivity index (χ0v) is 8.43. The Morgan fingerprint density at radius 2 is 2.42 bits per heavy atom. The van der Waals surface area contributed by atoms with Crippen LogP contribution in [0.15, 0.2) is 15.9 Å². The van der Waals surface area contributed by atoms with Crippen molar-refractivity contribution in [1.82, 2.24) is 0 Å². The number of carboxylic acids is 1. The Morgan fingerprint density at radius 1 is 1.75 bits per heavy atom. The minimum atomic E-state index is -0.993. The molecular formula is C7H7BrO3S. The molecule has 0 aromatic carbocycles. The second kappa shape index (κ2) is 4.02. The SMILES string of the molecule is O=C(O)C[C@@H](O)c1cc(Br)cs1. The van der Waals surface area contributed by atoms with E-state index in [0.29, 0.717) is 4.88 Å². The number of hydrogen-bond donors (Lipinski definition) is 2. The van der Waals surface area contributed by atoms with Gasteiger partial charge in [0.2, 0.25) is 0 Å². The second-order valence-corrected chi connectivity index (χ2v) is 4.14. The lowest BCUT2D eigenvalue weighted by Gasteiger charge is -2.02. The molecule has 1 aromatic heterocycles. The van der Waals surface area contributed by atoms with Gasteiger partial charge < -0.3 is 10.2 Å². The molecule has 0 amide bonds. The average molecular weight is 251 g/mol. The minimum absolute atomic E-state index is 0.243. The highest BCUT2D eigenvalue weighted by Crippen LogP contribution is 2.27. The summed E-state index contributed by atoms with van der Waals surface area (Å²) in [5.41, 5.74) is 0. The first-order valence-corrected chi connectivity index (χ1v) is 4.90. The van der Waals surface area contributed by atoms with E-state index >= 15 is 0 Å². The number of thiophene rings is 1. The van der Waals surface area contributed by atoms with E-state index < -0.39 is 12.1 Å². The standard InChI is InChI=1S/C7H7BrO3S/c8-4-1-6(12-3-4)5(9)2-7(10)11/h1,3,5,9H,2H2,(H,10,11)/t5-/m1/s1. The molecule has 0 radical (unpaired) electrons. The zero-order chi connectivity index (χ0) is 9.14. The molecular weight excluding hydrogens is 244 g/mol. The summed E-state index contributed by atoms with van der Waals surface area (Å²) in [7, 11) is 0. The molecule has 1 atom stereocenters. The number of halogens is 1. The lowest BCUT2D eigenvalue weighted by atomic mass is 10.2. The maximum absolute atomic E-state index is 10.2. The largest absolute Gasteiger partial charge is 0.481 e. The Labute approximate surface area is 81.8 Å². The normalized spacial score (nSPS) is 12.8. The first kappa shape index (κ1) is 9.70. The molecule has 0 saturated heterocycles. The van der Waals surface area contributed by atoms with Gasteiger partial charge in [0, 0.05) is 14.7 Å². The number of aliphatic hydroxyl groups is 1. The minimum Gasteiger partial charge on any atom is -0.481 e. The fraction of sp³-hybridized carbons (Fsp3) is 0.286. The third kappa shape index (κ3) is 2.58. The predicted molar refractivity (Wildman–Crippen MR) is 49.2 cm³/mol. The Bertz CT molecular complexity index is 284. The van der Waals surface area contributed by atoms with Gasteiger partial charge in [-0.3, -0.25) is 4.79 Å². The number of aliphatic carboxylic acids is 1. The van der Waals surface area contributed by atoms with Gasteiger partial charge in [-0.2, -0.15) is 0 Å². The van der Waals surface area contributed by atoms with Gasteiger partial charge in [-0.15, -0.1) is 11.3 Å². The molecule has 66 valence electrons. The van der Waals surface area contributed by atoms with Gasteiger partial charge in [0.1, 0.15) is 0 Å². The van der Waals surface area contributed by atoms with E-state index in [1.165, 1.54) is 11.3 Å². The molecule has 0 aliphatic carbocycles. The van der Waals surface area contributed by atoms with Crippen LogP contribution in [0.4, 0.5) is 0 Å². The molecule has 2 N–H and O–H groups in total. The Morgan fingerprint density at radius 3 is 2.83 bits per heavy atom. The summed E-state index contributed by atoms with van der Waals surface area (Å²) < 4.78 is 0.868. The lowest BCUT2D eigenvalue weighted by molar-refractivity contribution is -0.139. The zero-order valence-electron chi connectivity index (χ0n) is 6.03. The van der Waals surface area contributed by atoms with Gasteiger partial charge >= 0.3 is 5.97 Å². The van der Waals surface area contributed by atoms with Crippen LogP contribution >= 0.6 is 27.3 Å². The van der Waals surface area contributed by atoms with Gasteiger partial charge in [-0.25, -0.2) is 0 Å². The van der Waals surface area contributed by atoms with Gasteiger partial charge in [0.05, 0.1) is 12.5 Å². The van der Waals surface area contributed by atoms with Crippen molar-refractivity contribution in [3.05, 3.63) is 20.8 Å². The van der Waals surface area contributed by atoms with E-state index in [-0.39, 0.29) is 6.42 Å². The molecule has 0 saturated carbocycles. The molecule has 0 aliphatic rings. The number of carboxylic acid groups (broad SMARTS) is 1. The molecule has 5 heteroatoms. The maximum atomic E-state index is 10.2. The Hall–Kier alpha value is -0.390. The highest BCUT2D eigenvalue weighted by Gasteiger charge is 2.13. The number of carbonyl (C=O) groups is 1. The van der Waals surface area contributed by atoms with E-state index in [1.54, 1.807) is 11.4 Å². The topological polar surface area (TPSA) is 57.5 Å². The van der Waals surface area contributed by atoms with Crippen molar-refractivity contribution in [2.45, 2.75) is 12.5 Å². The summed E-state index contributed by atoms with van der Waals surface area (Å²) in [4.78, 5) is 10.9. The van der Waals surface area contributed by atoms with Gasteiger partial charge in [0.25, 0.3) is 0 Å². The van der Waals surface area contributed by atoms with E-state index in [4.69, 9.17) is 5.11 Å². The van der Waals surface area contributed by atoms with Crippen LogP contribution in [0.2, 0.25) is 0 Å². The molecule has 3 nitrogen and oxygen atoms in total. The summed E-state index contributed by atoms with van der Waals surface area (Å²) in [6.45, 7) is 0. The number of hydrogen-bond acceptors (Lipinski definition) is 3. The van der Waals surface area contributed by atoms with Gasteiger partial charge in [-0.05, 0) is 22.0 Å². The first-order chi connectivity index (χ1) is 5.59. The van der Waals surface area contributed by atoms with E-state index in [1.807, 2.05) is 0 Å². The molecule has 0 fully saturated rings. The molecule has 1 heterocycles. The maximum Gasteiger partial charge on any atom is 0.306 e. The van der Waals surface area contributed by atoms with Crippen molar-refractivity contribution in [3.63, 3.8) is 0 Å². The molecule has 12 heavy (non-hydrogen) atoms. The molecule has 1 rings (SSSR count). The smallest absolute Gasteiger partial charge is 0.306 e. The fourth-order valence-electron chi connectivity index (χ4n) is 0.769. The monoisotopic (exact) mass is 250 g/mol. The Kier molecular flexibility index (Phi) is 3.25. The van der Waals surface area contributed by atoms with Crippen molar-refractivity contribution >= 4 is 33.2 Å². The summed E-state index contributed by atoms with van der Waals surface area (Å²) in [6.07, 6.45) is -1.13. The van der Waals surface area contributed by atoms with E-state index in [2.05, 4.69) is 15.9 Å². The van der Waals surface area contributed by atoms with Crippen LogP contribution in [0, 0.1) is 0 Å². The third-order valence-electron chi connectivity index (χ3n) is 1.28. The number of aliphatic hydroxyl groups excluding tert-OH is 1. The summed E-state index contributed by atoms with van der Waals surface area (Å²) >= 11 is 4.56. The second-order valence-electron chi connectivity index (χ2n) is 2.28. The van der Waals surface area contributed by atoms with Crippen molar-refractivity contribution < 1.29 is 15.0 Å². The highest BCUT2D eigenvalue weighted by atomic mass is 79.9. The predicted octanol–water partition coefficient (Wildman–Crippen LogP) is 2.02. The van der Waals surface area contributed by atoms with Gasteiger partial charge in [-0.1, -0.05) is 0 Å². The quantitative estimate of drug-likeness (QED) is 0.863. The lowest BCUT2D eigenvalue weighted by Crippen LogP contribution is -2.03. The Balaban J connectivity index is 2.64. The molecule has 0 aliphatic heterocycles. The van der Waals surface area contributed by atoms with E-state index in [9.17, 15) is 9.90 Å². The molecule has 1 aromatic rings. The van der Waals surface area contributed by atoms with Crippen LogP contribution in [0.25, 0.3) is 0 Å². The number of rotatable bonds is 3. The van der Waals surface area contributed by atoms with Crippen LogP contribution < -0.4 is 0 Å². The highest BCUT2D eigenvalue weighted by molar-refractivity contribution is 9.10. The van der Waals surface area contributed by atoms with Crippen molar-refractivity contribution in [3.8, 4) is 0 Å². The first-order valence-electron chi connectivity index (χ1n) is 3.23. The molecule has 0 bridgehead atoms. The van der Waals surface area contributed by atoms with Crippen LogP contribution in [0.5, 0.6) is 0 Å². The summed E-state index contributed by atoms with van der Waals surface area (Å²) in [5, 5.41) is 19.5. The summed E-state index contributed by atoms with van der Waals surface area (Å²) in [6, 6.07) is 1.72. The van der Waals surface area contributed by atoms with Crippen molar-refractivity contribution in [1.29, 1.82) is 0 Å². The van der Waals surface area contributed by atoms with Crippen LogP contribution in [-0.2, 0) is 4.79 Å². The van der Waals surface area contributed by atoms with Crippen LogP contribution in [0.3, 0.4) is 0 Å². The van der Waals surface area contributed by atoms with Crippen LogP contribution in [0.1, 0.15) is 17.4 Å². The van der Waals surface area contributed by atoms with E-state index in [0.717, 1.165) is 4.47 Å². The average Bonchev–Trinajstić information content (AvgIpc) is 2.34. The third-order valence-corrected chi connectivity index (χ3v) is 3.08. The van der Waals surface area contributed by atoms with Crippen molar-refractivity contribution in [2.24, 2.45) is 0 Å². The van der Waals surface area contributed by atoms with Crippen molar-refractivity contribution in [2.75, 3.05) is 0 Å². The molecule has 0 unspecified atom stereocenters.